The normalized spacial score (nSPS) is 12.4. The van der Waals surface area contributed by atoms with E-state index >= 15 is 0 Å². The number of thiophene rings is 1. The molecule has 2 rings (SSSR count). The van der Waals surface area contributed by atoms with Crippen LogP contribution in [-0.4, -0.2) is 23.0 Å². The maximum atomic E-state index is 13.7. The van der Waals surface area contributed by atoms with E-state index < -0.39 is 17.9 Å². The van der Waals surface area contributed by atoms with Crippen molar-refractivity contribution in [2.24, 2.45) is 0 Å². The van der Waals surface area contributed by atoms with Gasteiger partial charge in [-0.3, -0.25) is 9.59 Å². The lowest BCUT2D eigenvalue weighted by Gasteiger charge is -2.08. The van der Waals surface area contributed by atoms with Gasteiger partial charge in [0.25, 0.3) is 5.91 Å². The Kier molecular flexibility index (Phi) is 3.53. The van der Waals surface area contributed by atoms with Crippen molar-refractivity contribution in [2.45, 2.75) is 19.9 Å². The van der Waals surface area contributed by atoms with Gasteiger partial charge in [-0.1, -0.05) is 6.07 Å². The molecule has 6 heteroatoms. The molecule has 0 spiro atoms. The van der Waals surface area contributed by atoms with Gasteiger partial charge in [0.15, 0.2) is 0 Å². The molecule has 0 radical (unpaired) electrons. The number of carboxylic acid groups (broad SMARTS) is 1. The Labute approximate surface area is 112 Å². The minimum absolute atomic E-state index is 0.341. The average molecular weight is 281 g/mol. The molecule has 100 valence electrons. The first-order valence-electron chi connectivity index (χ1n) is 5.63. The largest absolute Gasteiger partial charge is 0.480 e. The Morgan fingerprint density at radius 3 is 2.68 bits per heavy atom. The fraction of sp³-hybridized carbons (Fsp3) is 0.231. The second kappa shape index (κ2) is 4.97. The topological polar surface area (TPSA) is 66.4 Å². The van der Waals surface area contributed by atoms with Gasteiger partial charge in [0.2, 0.25) is 0 Å². The van der Waals surface area contributed by atoms with Crippen molar-refractivity contribution in [3.05, 3.63) is 34.5 Å². The summed E-state index contributed by atoms with van der Waals surface area (Å²) in [7, 11) is 0. The van der Waals surface area contributed by atoms with Crippen molar-refractivity contribution in [1.29, 1.82) is 0 Å². The van der Waals surface area contributed by atoms with Crippen molar-refractivity contribution >= 4 is 33.3 Å². The molecule has 0 aliphatic carbocycles. The van der Waals surface area contributed by atoms with E-state index in [0.29, 0.717) is 20.5 Å². The van der Waals surface area contributed by atoms with Gasteiger partial charge in [0.1, 0.15) is 11.9 Å². The van der Waals surface area contributed by atoms with Crippen molar-refractivity contribution in [2.75, 3.05) is 0 Å². The van der Waals surface area contributed by atoms with Crippen LogP contribution in [-0.2, 0) is 4.79 Å². The SMILES string of the molecule is Cc1c(C(=O)N[C@@H](C)C(=O)O)sc2cccc(F)c12. The van der Waals surface area contributed by atoms with E-state index in [4.69, 9.17) is 5.11 Å². The van der Waals surface area contributed by atoms with Crippen LogP contribution in [0.5, 0.6) is 0 Å². The highest BCUT2D eigenvalue weighted by molar-refractivity contribution is 7.21. The highest BCUT2D eigenvalue weighted by atomic mass is 32.1. The zero-order chi connectivity index (χ0) is 14.2. The second-order valence-corrected chi connectivity index (χ2v) is 5.25. The highest BCUT2D eigenvalue weighted by Crippen LogP contribution is 2.32. The third-order valence-corrected chi connectivity index (χ3v) is 4.08. The molecule has 0 aliphatic heterocycles. The summed E-state index contributed by atoms with van der Waals surface area (Å²) in [6, 6.07) is 3.66. The van der Waals surface area contributed by atoms with Crippen LogP contribution < -0.4 is 5.32 Å². The maximum absolute atomic E-state index is 13.7. The van der Waals surface area contributed by atoms with Crippen molar-refractivity contribution < 1.29 is 19.1 Å². The number of hydrogen-bond donors (Lipinski definition) is 2. The average Bonchev–Trinajstić information content (AvgIpc) is 2.68. The molecule has 1 heterocycles. The van der Waals surface area contributed by atoms with Crippen LogP contribution in [0.15, 0.2) is 18.2 Å². The zero-order valence-corrected chi connectivity index (χ0v) is 11.2. The van der Waals surface area contributed by atoms with Gasteiger partial charge in [-0.15, -0.1) is 11.3 Å². The number of amides is 1. The van der Waals surface area contributed by atoms with Gasteiger partial charge in [0, 0.05) is 10.1 Å². The Morgan fingerprint density at radius 2 is 2.11 bits per heavy atom. The number of hydrogen-bond acceptors (Lipinski definition) is 3. The number of carbonyl (C=O) groups is 2. The van der Waals surface area contributed by atoms with E-state index in [-0.39, 0.29) is 5.82 Å². The van der Waals surface area contributed by atoms with E-state index in [9.17, 15) is 14.0 Å². The van der Waals surface area contributed by atoms with Gasteiger partial charge in [-0.25, -0.2) is 4.39 Å². The second-order valence-electron chi connectivity index (χ2n) is 4.20. The Morgan fingerprint density at radius 1 is 1.42 bits per heavy atom. The summed E-state index contributed by atoms with van der Waals surface area (Å²) in [5.41, 5.74) is 0.535. The number of aliphatic carboxylic acids is 1. The number of aryl methyl sites for hydroxylation is 1. The Hall–Kier alpha value is -1.95. The lowest BCUT2D eigenvalue weighted by atomic mass is 10.1. The monoisotopic (exact) mass is 281 g/mol. The van der Waals surface area contributed by atoms with Crippen molar-refractivity contribution in [3.8, 4) is 0 Å². The quantitative estimate of drug-likeness (QED) is 0.908. The van der Waals surface area contributed by atoms with E-state index in [1.54, 1.807) is 19.1 Å². The number of carboxylic acids is 1. The van der Waals surface area contributed by atoms with Crippen LogP contribution in [0.25, 0.3) is 10.1 Å². The third kappa shape index (κ3) is 2.44. The molecule has 0 aliphatic rings. The van der Waals surface area contributed by atoms with Crippen LogP contribution in [0.4, 0.5) is 4.39 Å². The van der Waals surface area contributed by atoms with Crippen LogP contribution in [0.2, 0.25) is 0 Å². The zero-order valence-electron chi connectivity index (χ0n) is 10.4. The maximum Gasteiger partial charge on any atom is 0.325 e. The molecule has 0 fully saturated rings. The molecule has 4 nitrogen and oxygen atoms in total. The number of carbonyl (C=O) groups excluding carboxylic acids is 1. The highest BCUT2D eigenvalue weighted by Gasteiger charge is 2.21. The standard InChI is InChI=1S/C13H12FNO3S/c1-6-10-8(14)4-3-5-9(10)19-11(6)12(16)15-7(2)13(17)18/h3-5,7H,1-2H3,(H,15,16)(H,17,18)/t7-/m0/s1. The summed E-state index contributed by atoms with van der Waals surface area (Å²) in [5.74, 6) is -1.98. The first-order chi connectivity index (χ1) is 8.91. The first-order valence-corrected chi connectivity index (χ1v) is 6.44. The summed E-state index contributed by atoms with van der Waals surface area (Å²) in [6.07, 6.45) is 0. The minimum Gasteiger partial charge on any atom is -0.480 e. The van der Waals surface area contributed by atoms with Crippen LogP contribution in [0.1, 0.15) is 22.2 Å². The minimum atomic E-state index is -1.11. The van der Waals surface area contributed by atoms with E-state index in [0.717, 1.165) is 11.3 Å². The molecular weight excluding hydrogens is 269 g/mol. The van der Waals surface area contributed by atoms with Crippen molar-refractivity contribution in [3.63, 3.8) is 0 Å². The number of rotatable bonds is 3. The summed E-state index contributed by atoms with van der Waals surface area (Å²) in [5, 5.41) is 11.5. The number of fused-ring (bicyclic) bond motifs is 1. The lowest BCUT2D eigenvalue weighted by Crippen LogP contribution is -2.38. The predicted octanol–water partition coefficient (Wildman–Crippen LogP) is 2.55. The fourth-order valence-corrected chi connectivity index (χ4v) is 2.92. The molecule has 1 aromatic carbocycles. The smallest absolute Gasteiger partial charge is 0.325 e. The van der Waals surface area contributed by atoms with Gasteiger partial charge in [0.05, 0.1) is 4.88 Å². The van der Waals surface area contributed by atoms with Gasteiger partial charge in [-0.05, 0) is 31.5 Å². The summed E-state index contributed by atoms with van der Waals surface area (Å²) >= 11 is 1.15. The molecule has 1 atom stereocenters. The molecule has 0 unspecified atom stereocenters. The summed E-state index contributed by atoms with van der Waals surface area (Å²) < 4.78 is 14.4. The molecule has 0 bridgehead atoms. The van der Waals surface area contributed by atoms with Crippen LogP contribution in [0, 0.1) is 12.7 Å². The molecular formula is C13H12FNO3S. The van der Waals surface area contributed by atoms with E-state index in [1.165, 1.54) is 13.0 Å². The Bertz CT molecular complexity index is 665. The first kappa shape index (κ1) is 13.5. The molecule has 0 saturated carbocycles. The van der Waals surface area contributed by atoms with E-state index in [2.05, 4.69) is 5.32 Å². The number of halogens is 1. The van der Waals surface area contributed by atoms with Gasteiger partial charge >= 0.3 is 5.97 Å². The van der Waals surface area contributed by atoms with Crippen LogP contribution in [0.3, 0.4) is 0 Å². The Balaban J connectivity index is 2.41. The number of benzene rings is 1. The van der Waals surface area contributed by atoms with Crippen molar-refractivity contribution in [1.82, 2.24) is 5.32 Å². The van der Waals surface area contributed by atoms with Gasteiger partial charge < -0.3 is 10.4 Å². The van der Waals surface area contributed by atoms with E-state index in [1.807, 2.05) is 0 Å². The molecule has 19 heavy (non-hydrogen) atoms. The molecule has 1 aromatic heterocycles. The summed E-state index contributed by atoms with van der Waals surface area (Å²) in [6.45, 7) is 3.03. The number of nitrogens with one attached hydrogen (secondary N) is 1. The molecule has 0 saturated heterocycles. The predicted molar refractivity (Wildman–Crippen MR) is 71.1 cm³/mol. The third-order valence-electron chi connectivity index (χ3n) is 2.83. The van der Waals surface area contributed by atoms with Gasteiger partial charge in [-0.2, -0.15) is 0 Å². The van der Waals surface area contributed by atoms with Crippen LogP contribution >= 0.6 is 11.3 Å². The summed E-state index contributed by atoms with van der Waals surface area (Å²) in [4.78, 5) is 23.0. The molecule has 1 amide bonds. The molecule has 2 N–H and O–H groups in total. The molecule has 2 aromatic rings. The fourth-order valence-electron chi connectivity index (χ4n) is 1.79. The lowest BCUT2D eigenvalue weighted by molar-refractivity contribution is -0.138.